The van der Waals surface area contributed by atoms with E-state index in [-0.39, 0.29) is 18.6 Å². The molecule has 0 spiro atoms. The van der Waals surface area contributed by atoms with Gasteiger partial charge in [-0.3, -0.25) is 4.79 Å². The van der Waals surface area contributed by atoms with Crippen molar-refractivity contribution < 1.29 is 14.3 Å². The van der Waals surface area contributed by atoms with Crippen LogP contribution in [0.25, 0.3) is 5.65 Å². The number of piperidine rings is 1. The highest BCUT2D eigenvalue weighted by atomic mass is 16.7. The number of nitrogens with one attached hydrogen (secondary N) is 1. The minimum Gasteiger partial charge on any atom is -0.454 e. The number of fused-ring (bicyclic) bond motifs is 4. The van der Waals surface area contributed by atoms with Crippen LogP contribution in [-0.4, -0.2) is 40.4 Å². The number of ether oxygens (including phenoxy) is 2. The first-order valence-electron chi connectivity index (χ1n) is 11.5. The van der Waals surface area contributed by atoms with E-state index in [4.69, 9.17) is 14.5 Å². The van der Waals surface area contributed by atoms with Crippen LogP contribution < -0.4 is 19.7 Å². The third kappa shape index (κ3) is 3.34. The average Bonchev–Trinajstić information content (AvgIpc) is 3.44. The molecule has 0 unspecified atom stereocenters. The van der Waals surface area contributed by atoms with E-state index in [0.717, 1.165) is 67.4 Å². The number of carbonyl (C=O) groups excluding carboxylic acids is 1. The summed E-state index contributed by atoms with van der Waals surface area (Å²) in [7, 11) is 0. The molecule has 1 aliphatic carbocycles. The number of benzene rings is 1. The van der Waals surface area contributed by atoms with Crippen molar-refractivity contribution >= 4 is 23.1 Å². The van der Waals surface area contributed by atoms with Crippen LogP contribution in [0, 0.1) is 12.8 Å². The third-order valence-electron chi connectivity index (χ3n) is 6.80. The monoisotopic (exact) mass is 433 g/mol. The highest BCUT2D eigenvalue weighted by Crippen LogP contribution is 2.35. The summed E-state index contributed by atoms with van der Waals surface area (Å²) in [6, 6.07) is 7.58. The van der Waals surface area contributed by atoms with Crippen molar-refractivity contribution in [1.82, 2.24) is 14.6 Å². The molecule has 4 heterocycles. The lowest BCUT2D eigenvalue weighted by molar-refractivity contribution is -0.120. The average molecular weight is 434 g/mol. The second kappa shape index (κ2) is 7.69. The van der Waals surface area contributed by atoms with Gasteiger partial charge in [0.05, 0.1) is 11.4 Å². The summed E-state index contributed by atoms with van der Waals surface area (Å²) in [6.07, 6.45) is 6.13. The lowest BCUT2D eigenvalue weighted by Gasteiger charge is -2.34. The Kier molecular flexibility index (Phi) is 4.66. The molecule has 0 radical (unpaired) electrons. The van der Waals surface area contributed by atoms with Gasteiger partial charge in [-0.2, -0.15) is 5.10 Å². The van der Waals surface area contributed by atoms with Crippen molar-refractivity contribution in [3.05, 3.63) is 41.2 Å². The molecule has 32 heavy (non-hydrogen) atoms. The molecule has 1 amide bonds. The van der Waals surface area contributed by atoms with Crippen molar-refractivity contribution in [2.75, 3.05) is 30.1 Å². The van der Waals surface area contributed by atoms with Gasteiger partial charge >= 0.3 is 0 Å². The molecule has 3 aromatic rings. The fourth-order valence-electron chi connectivity index (χ4n) is 5.14. The third-order valence-corrected chi connectivity index (χ3v) is 6.80. The van der Waals surface area contributed by atoms with Crippen LogP contribution in [0.15, 0.2) is 24.3 Å². The van der Waals surface area contributed by atoms with Crippen molar-refractivity contribution in [2.24, 2.45) is 5.92 Å². The second-order valence-electron chi connectivity index (χ2n) is 8.94. The number of anilines is 2. The summed E-state index contributed by atoms with van der Waals surface area (Å²) < 4.78 is 12.8. The van der Waals surface area contributed by atoms with Crippen molar-refractivity contribution in [3.63, 3.8) is 0 Å². The van der Waals surface area contributed by atoms with E-state index in [1.165, 1.54) is 24.1 Å². The highest BCUT2D eigenvalue weighted by Gasteiger charge is 2.29. The SMILES string of the molecule is Cc1cc2nc(N3CCC(C(=O)Nc4ccc5c(c4)OCO5)CC3)c3c(n2n1)CCCC3. The minimum atomic E-state index is -0.00607. The minimum absolute atomic E-state index is 0.00607. The summed E-state index contributed by atoms with van der Waals surface area (Å²) in [5.41, 5.74) is 5.34. The molecule has 8 nitrogen and oxygen atoms in total. The number of hydrogen-bond donors (Lipinski definition) is 1. The Morgan fingerprint density at radius 2 is 1.91 bits per heavy atom. The molecule has 1 N–H and O–H groups in total. The standard InChI is InChI=1S/C24H27N5O3/c1-15-12-22-26-23(18-4-2-3-5-19(18)29(22)27-15)28-10-8-16(9-11-28)24(30)25-17-6-7-20-21(13-17)32-14-31-20/h6-7,12-13,16H,2-5,8-11,14H2,1H3,(H,25,30). The van der Waals surface area contributed by atoms with E-state index < -0.39 is 0 Å². The van der Waals surface area contributed by atoms with Crippen LogP contribution in [0.2, 0.25) is 0 Å². The van der Waals surface area contributed by atoms with E-state index in [1.807, 2.05) is 29.6 Å². The van der Waals surface area contributed by atoms with Gasteiger partial charge in [0.2, 0.25) is 12.7 Å². The van der Waals surface area contributed by atoms with Gasteiger partial charge in [0.15, 0.2) is 17.1 Å². The molecule has 0 saturated carbocycles. The van der Waals surface area contributed by atoms with Crippen LogP contribution in [-0.2, 0) is 17.6 Å². The van der Waals surface area contributed by atoms with Gasteiger partial charge < -0.3 is 19.7 Å². The van der Waals surface area contributed by atoms with E-state index in [1.54, 1.807) is 0 Å². The zero-order valence-corrected chi connectivity index (χ0v) is 18.3. The van der Waals surface area contributed by atoms with Gasteiger partial charge in [-0.05, 0) is 57.6 Å². The molecule has 8 heteroatoms. The van der Waals surface area contributed by atoms with Crippen LogP contribution in [0.1, 0.15) is 42.6 Å². The normalized spacial score (nSPS) is 18.1. The number of aryl methyl sites for hydroxylation is 2. The topological polar surface area (TPSA) is 81.0 Å². The zero-order valence-electron chi connectivity index (χ0n) is 18.3. The fourth-order valence-corrected chi connectivity index (χ4v) is 5.14. The smallest absolute Gasteiger partial charge is 0.231 e. The first-order chi connectivity index (χ1) is 15.7. The molecule has 6 rings (SSSR count). The maximum Gasteiger partial charge on any atom is 0.231 e. The summed E-state index contributed by atoms with van der Waals surface area (Å²) >= 11 is 0. The quantitative estimate of drug-likeness (QED) is 0.681. The molecule has 1 aromatic carbocycles. The van der Waals surface area contributed by atoms with Gasteiger partial charge in [0, 0.05) is 42.4 Å². The highest BCUT2D eigenvalue weighted by molar-refractivity contribution is 5.93. The molecule has 1 saturated heterocycles. The number of rotatable bonds is 3. The van der Waals surface area contributed by atoms with E-state index in [2.05, 4.69) is 21.4 Å². The molecule has 2 aromatic heterocycles. The van der Waals surface area contributed by atoms with E-state index in [0.29, 0.717) is 5.75 Å². The summed E-state index contributed by atoms with van der Waals surface area (Å²) in [6.45, 7) is 3.92. The predicted octanol–water partition coefficient (Wildman–Crippen LogP) is 3.50. The van der Waals surface area contributed by atoms with Gasteiger partial charge in [0.1, 0.15) is 5.82 Å². The molecular formula is C24H27N5O3. The first-order valence-corrected chi connectivity index (χ1v) is 11.5. The van der Waals surface area contributed by atoms with Gasteiger partial charge in [0.25, 0.3) is 0 Å². The maximum absolute atomic E-state index is 12.9. The molecular weight excluding hydrogens is 406 g/mol. The summed E-state index contributed by atoms with van der Waals surface area (Å²) in [5.74, 6) is 2.56. The fraction of sp³-hybridized carbons (Fsp3) is 0.458. The number of hydrogen-bond acceptors (Lipinski definition) is 6. The van der Waals surface area contributed by atoms with E-state index in [9.17, 15) is 4.79 Å². The molecule has 166 valence electrons. The number of amides is 1. The lowest BCUT2D eigenvalue weighted by atomic mass is 9.93. The Balaban J connectivity index is 1.17. The molecule has 0 bridgehead atoms. The van der Waals surface area contributed by atoms with E-state index >= 15 is 0 Å². The molecule has 2 aliphatic heterocycles. The number of aromatic nitrogens is 3. The Morgan fingerprint density at radius 3 is 2.78 bits per heavy atom. The summed E-state index contributed by atoms with van der Waals surface area (Å²) in [4.78, 5) is 20.3. The van der Waals surface area contributed by atoms with Crippen LogP contribution in [0.3, 0.4) is 0 Å². The molecule has 1 fully saturated rings. The maximum atomic E-state index is 12.9. The largest absolute Gasteiger partial charge is 0.454 e. The van der Waals surface area contributed by atoms with Gasteiger partial charge in [-0.15, -0.1) is 0 Å². The summed E-state index contributed by atoms with van der Waals surface area (Å²) in [5, 5.41) is 7.73. The Labute approximate surface area is 186 Å². The van der Waals surface area contributed by atoms with Crippen LogP contribution in [0.5, 0.6) is 11.5 Å². The second-order valence-corrected chi connectivity index (χ2v) is 8.94. The Morgan fingerprint density at radius 1 is 1.09 bits per heavy atom. The first kappa shape index (κ1) is 19.4. The van der Waals surface area contributed by atoms with Crippen molar-refractivity contribution in [1.29, 1.82) is 0 Å². The lowest BCUT2D eigenvalue weighted by Crippen LogP contribution is -2.39. The number of nitrogens with zero attached hydrogens (tertiary/aromatic N) is 4. The van der Waals surface area contributed by atoms with Crippen LogP contribution >= 0.6 is 0 Å². The van der Waals surface area contributed by atoms with Crippen molar-refractivity contribution in [2.45, 2.75) is 45.4 Å². The zero-order chi connectivity index (χ0) is 21.7. The number of carbonyl (C=O) groups is 1. The van der Waals surface area contributed by atoms with Gasteiger partial charge in [-0.1, -0.05) is 0 Å². The van der Waals surface area contributed by atoms with Gasteiger partial charge in [-0.25, -0.2) is 9.50 Å². The molecule has 3 aliphatic rings. The Bertz CT molecular complexity index is 1200. The predicted molar refractivity (Wildman–Crippen MR) is 120 cm³/mol. The van der Waals surface area contributed by atoms with Crippen LogP contribution in [0.4, 0.5) is 11.5 Å². The molecule has 0 atom stereocenters. The van der Waals surface area contributed by atoms with Crippen molar-refractivity contribution in [3.8, 4) is 11.5 Å². The Hall–Kier alpha value is -3.29.